The Balaban J connectivity index is 1.20. The third-order valence-corrected chi connectivity index (χ3v) is 10.0. The number of ether oxygens (including phenoxy) is 2. The highest BCUT2D eigenvalue weighted by atomic mass is 16.7. The van der Waals surface area contributed by atoms with Crippen molar-refractivity contribution in [2.75, 3.05) is 27.2 Å². The lowest BCUT2D eigenvalue weighted by atomic mass is 9.98. The van der Waals surface area contributed by atoms with Gasteiger partial charge in [-0.2, -0.15) is 0 Å². The van der Waals surface area contributed by atoms with Crippen molar-refractivity contribution in [3.05, 3.63) is 0 Å². The summed E-state index contributed by atoms with van der Waals surface area (Å²) in [6.07, 6.45) is 32.1. The molecule has 6 atom stereocenters. The van der Waals surface area contributed by atoms with Gasteiger partial charge in [-0.15, -0.1) is 0 Å². The lowest BCUT2D eigenvalue weighted by Crippen LogP contribution is -2.31. The Morgan fingerprint density at radius 1 is 0.605 bits per heavy atom. The maximum absolute atomic E-state index is 6.63. The summed E-state index contributed by atoms with van der Waals surface area (Å²) in [5, 5.41) is 0. The second kappa shape index (κ2) is 18.3. The van der Waals surface area contributed by atoms with Gasteiger partial charge in [-0.3, -0.25) is 0 Å². The predicted molar refractivity (Wildman–Crippen MR) is 164 cm³/mol. The summed E-state index contributed by atoms with van der Waals surface area (Å²) in [7, 11) is 4.31. The van der Waals surface area contributed by atoms with Crippen molar-refractivity contribution in [2.45, 2.75) is 173 Å². The molecule has 0 aromatic rings. The van der Waals surface area contributed by atoms with Crippen LogP contribution in [-0.2, 0) is 9.47 Å². The third kappa shape index (κ3) is 13.0. The molecule has 3 aliphatic rings. The van der Waals surface area contributed by atoms with Crippen molar-refractivity contribution in [2.24, 2.45) is 23.7 Å². The fourth-order valence-electron chi connectivity index (χ4n) is 7.18. The summed E-state index contributed by atoms with van der Waals surface area (Å²) in [4.78, 5) is 2.26. The van der Waals surface area contributed by atoms with Gasteiger partial charge >= 0.3 is 0 Å². The molecule has 3 nitrogen and oxygen atoms in total. The molecule has 0 amide bonds. The first kappa shape index (κ1) is 32.4. The quantitative estimate of drug-likeness (QED) is 0.109. The molecule has 0 radical (unpaired) electrons. The van der Waals surface area contributed by atoms with Gasteiger partial charge in [0.2, 0.25) is 0 Å². The highest BCUT2D eigenvalue weighted by molar-refractivity contribution is 4.94. The van der Waals surface area contributed by atoms with E-state index >= 15 is 0 Å². The SMILES string of the molecule is CCCCCCCCC1(CCCCCCCCC2CC2CC2CC2CCCCC)OCC(CCN(C)C)O1. The molecule has 1 saturated heterocycles. The fourth-order valence-corrected chi connectivity index (χ4v) is 7.18. The number of hydrogen-bond acceptors (Lipinski definition) is 3. The van der Waals surface area contributed by atoms with E-state index in [9.17, 15) is 0 Å². The van der Waals surface area contributed by atoms with Crippen LogP contribution in [0.1, 0.15) is 162 Å². The van der Waals surface area contributed by atoms with Gasteiger partial charge in [0.05, 0.1) is 12.7 Å². The van der Waals surface area contributed by atoms with Gasteiger partial charge in [-0.1, -0.05) is 110 Å². The van der Waals surface area contributed by atoms with Gasteiger partial charge in [0, 0.05) is 19.4 Å². The van der Waals surface area contributed by atoms with E-state index in [4.69, 9.17) is 9.47 Å². The van der Waals surface area contributed by atoms with Crippen LogP contribution in [0, 0.1) is 23.7 Å². The highest BCUT2D eigenvalue weighted by Crippen LogP contribution is 2.54. The Kier molecular flexibility index (Phi) is 15.6. The summed E-state index contributed by atoms with van der Waals surface area (Å²) >= 11 is 0. The van der Waals surface area contributed by atoms with Gasteiger partial charge in [0.1, 0.15) is 0 Å². The minimum absolute atomic E-state index is 0.278. The molecule has 2 aliphatic carbocycles. The third-order valence-electron chi connectivity index (χ3n) is 10.0. The predicted octanol–water partition coefficient (Wildman–Crippen LogP) is 10.2. The second-order valence-corrected chi connectivity index (χ2v) is 14.0. The van der Waals surface area contributed by atoms with E-state index in [0.29, 0.717) is 0 Å². The molecule has 2 saturated carbocycles. The first-order valence-electron chi connectivity index (χ1n) is 17.5. The average Bonchev–Trinajstić information content (AvgIpc) is 3.79. The van der Waals surface area contributed by atoms with Gasteiger partial charge in [0.25, 0.3) is 0 Å². The minimum Gasteiger partial charge on any atom is -0.347 e. The summed E-state index contributed by atoms with van der Waals surface area (Å²) in [5.74, 6) is 4.19. The van der Waals surface area contributed by atoms with Crippen molar-refractivity contribution in [1.29, 1.82) is 0 Å². The average molecular weight is 534 g/mol. The largest absolute Gasteiger partial charge is 0.347 e. The maximum Gasteiger partial charge on any atom is 0.168 e. The molecule has 1 aliphatic heterocycles. The van der Waals surface area contributed by atoms with Crippen LogP contribution >= 0.6 is 0 Å². The van der Waals surface area contributed by atoms with E-state index in [0.717, 1.165) is 56.1 Å². The lowest BCUT2D eigenvalue weighted by Gasteiger charge is -2.29. The number of unbranched alkanes of at least 4 members (excludes halogenated alkanes) is 12. The first-order valence-corrected chi connectivity index (χ1v) is 17.5. The van der Waals surface area contributed by atoms with Crippen LogP contribution in [0.15, 0.2) is 0 Å². The zero-order chi connectivity index (χ0) is 27.1. The fraction of sp³-hybridized carbons (Fsp3) is 1.00. The van der Waals surface area contributed by atoms with E-state index in [1.54, 1.807) is 19.3 Å². The summed E-state index contributed by atoms with van der Waals surface area (Å²) < 4.78 is 13.1. The van der Waals surface area contributed by atoms with E-state index in [1.165, 1.54) is 109 Å². The van der Waals surface area contributed by atoms with Crippen LogP contribution < -0.4 is 0 Å². The molecule has 3 rings (SSSR count). The highest BCUT2D eigenvalue weighted by Gasteiger charge is 2.44. The number of nitrogens with zero attached hydrogens (tertiary/aromatic N) is 1. The van der Waals surface area contributed by atoms with E-state index in [-0.39, 0.29) is 11.9 Å². The zero-order valence-corrected chi connectivity index (χ0v) is 26.3. The topological polar surface area (TPSA) is 21.7 Å². The van der Waals surface area contributed by atoms with E-state index < -0.39 is 0 Å². The Morgan fingerprint density at radius 3 is 1.68 bits per heavy atom. The van der Waals surface area contributed by atoms with Crippen molar-refractivity contribution >= 4 is 0 Å². The van der Waals surface area contributed by atoms with Crippen molar-refractivity contribution < 1.29 is 9.47 Å². The Bertz CT molecular complexity index is 594. The Morgan fingerprint density at radius 2 is 1.11 bits per heavy atom. The zero-order valence-electron chi connectivity index (χ0n) is 26.3. The van der Waals surface area contributed by atoms with Crippen LogP contribution in [0.5, 0.6) is 0 Å². The Labute approximate surface area is 238 Å². The summed E-state index contributed by atoms with van der Waals surface area (Å²) in [6.45, 7) is 6.51. The molecule has 3 fully saturated rings. The van der Waals surface area contributed by atoms with Gasteiger partial charge in [0.15, 0.2) is 5.79 Å². The standard InChI is InChI=1S/C35H67NO2/c1-5-7-9-10-14-18-23-35(37-29-34(38-35)22-25-36(3)4)24-19-15-12-11-13-17-21-31-27-33(31)28-32-26-30(32)20-16-8-6-2/h30-34H,5-29H2,1-4H3. The van der Waals surface area contributed by atoms with Crippen LogP contribution in [0.4, 0.5) is 0 Å². The van der Waals surface area contributed by atoms with Crippen LogP contribution in [-0.4, -0.2) is 44.0 Å². The van der Waals surface area contributed by atoms with Crippen molar-refractivity contribution in [3.8, 4) is 0 Å². The molecular formula is C35H67NO2. The van der Waals surface area contributed by atoms with E-state index in [1.807, 2.05) is 0 Å². The maximum atomic E-state index is 6.63. The molecule has 0 aromatic carbocycles. The molecule has 6 unspecified atom stereocenters. The smallest absolute Gasteiger partial charge is 0.168 e. The summed E-state index contributed by atoms with van der Waals surface area (Å²) in [6, 6.07) is 0. The summed E-state index contributed by atoms with van der Waals surface area (Å²) in [5.41, 5.74) is 0. The van der Waals surface area contributed by atoms with Gasteiger partial charge in [-0.25, -0.2) is 0 Å². The molecule has 0 aromatic heterocycles. The Hall–Kier alpha value is -0.120. The normalized spacial score (nSPS) is 30.4. The van der Waals surface area contributed by atoms with Crippen LogP contribution in [0.25, 0.3) is 0 Å². The molecule has 38 heavy (non-hydrogen) atoms. The van der Waals surface area contributed by atoms with Gasteiger partial charge in [-0.05, 0) is 76.3 Å². The first-order chi connectivity index (χ1) is 18.5. The van der Waals surface area contributed by atoms with Gasteiger partial charge < -0.3 is 14.4 Å². The van der Waals surface area contributed by atoms with Crippen molar-refractivity contribution in [3.63, 3.8) is 0 Å². The van der Waals surface area contributed by atoms with Crippen LogP contribution in [0.2, 0.25) is 0 Å². The monoisotopic (exact) mass is 534 g/mol. The molecule has 224 valence electrons. The minimum atomic E-state index is -0.278. The molecule has 1 heterocycles. The lowest BCUT2D eigenvalue weighted by molar-refractivity contribution is -0.180. The van der Waals surface area contributed by atoms with Crippen LogP contribution in [0.3, 0.4) is 0 Å². The van der Waals surface area contributed by atoms with Crippen molar-refractivity contribution in [1.82, 2.24) is 4.90 Å². The number of hydrogen-bond donors (Lipinski definition) is 0. The molecular weight excluding hydrogens is 466 g/mol. The molecule has 3 heteroatoms. The molecule has 0 bridgehead atoms. The van der Waals surface area contributed by atoms with E-state index in [2.05, 4.69) is 32.8 Å². The second-order valence-electron chi connectivity index (χ2n) is 14.0. The molecule has 0 spiro atoms. The number of rotatable bonds is 25. The molecule has 0 N–H and O–H groups in total.